The summed E-state index contributed by atoms with van der Waals surface area (Å²) >= 11 is 0. The molecule has 0 saturated carbocycles. The van der Waals surface area contributed by atoms with Crippen molar-refractivity contribution in [3.63, 3.8) is 0 Å². The summed E-state index contributed by atoms with van der Waals surface area (Å²) in [5.41, 5.74) is 5.64. The number of nitrogens with zero attached hydrogens (tertiary/aromatic N) is 3. The van der Waals surface area contributed by atoms with Crippen LogP contribution in [0.25, 0.3) is 0 Å². The lowest BCUT2D eigenvalue weighted by molar-refractivity contribution is 0.136. The highest BCUT2D eigenvalue weighted by Gasteiger charge is 2.23. The van der Waals surface area contributed by atoms with Crippen molar-refractivity contribution in [1.82, 2.24) is 9.80 Å². The Morgan fingerprint density at radius 3 is 2.77 bits per heavy atom. The van der Waals surface area contributed by atoms with E-state index in [0.717, 1.165) is 26.1 Å². The number of hydrogen-bond acceptors (Lipinski definition) is 3. The second-order valence-corrected chi connectivity index (χ2v) is 3.48. The Labute approximate surface area is 79.4 Å². The Hall–Kier alpha value is -0.970. The molecule has 5 heteroatoms. The van der Waals surface area contributed by atoms with E-state index in [1.807, 2.05) is 4.90 Å². The first kappa shape index (κ1) is 10.1. The molecule has 0 aliphatic carbocycles. The van der Waals surface area contributed by atoms with Gasteiger partial charge in [-0.2, -0.15) is 0 Å². The molecule has 1 aliphatic heterocycles. The first-order valence-corrected chi connectivity index (χ1v) is 4.67. The summed E-state index contributed by atoms with van der Waals surface area (Å²) in [6.45, 7) is 5.05. The molecule has 0 aromatic carbocycles. The number of guanidine groups is 1. The largest absolute Gasteiger partial charge is 0.368 e. The molecule has 0 amide bonds. The molecule has 0 spiro atoms. The van der Waals surface area contributed by atoms with Gasteiger partial charge in [0.05, 0.1) is 0 Å². The monoisotopic (exact) mass is 185 g/mol. The molecule has 76 valence electrons. The van der Waals surface area contributed by atoms with Gasteiger partial charge in [0.15, 0.2) is 0 Å². The Bertz CT molecular complexity index is 191. The van der Waals surface area contributed by atoms with Gasteiger partial charge < -0.3 is 16.5 Å². The van der Waals surface area contributed by atoms with Crippen molar-refractivity contribution in [2.75, 3.05) is 26.7 Å². The molecule has 0 bridgehead atoms. The quantitative estimate of drug-likeness (QED) is 0.243. The number of piperazine rings is 1. The lowest BCUT2D eigenvalue weighted by Gasteiger charge is -2.39. The second-order valence-electron chi connectivity index (χ2n) is 3.48. The van der Waals surface area contributed by atoms with E-state index in [0.29, 0.717) is 12.0 Å². The minimum Gasteiger partial charge on any atom is -0.368 e. The molecule has 13 heavy (non-hydrogen) atoms. The van der Waals surface area contributed by atoms with Crippen LogP contribution in [-0.2, 0) is 0 Å². The molecule has 1 aliphatic rings. The van der Waals surface area contributed by atoms with Gasteiger partial charge in [-0.3, -0.25) is 4.90 Å². The molecule has 5 nitrogen and oxygen atoms in total. The van der Waals surface area contributed by atoms with E-state index in [-0.39, 0.29) is 0 Å². The van der Waals surface area contributed by atoms with Crippen molar-refractivity contribution in [2.45, 2.75) is 19.4 Å². The lowest BCUT2D eigenvalue weighted by Crippen LogP contribution is -2.55. The molecule has 4 N–H and O–H groups in total. The third-order valence-electron chi connectivity index (χ3n) is 2.70. The van der Waals surface area contributed by atoms with Crippen molar-refractivity contribution >= 4 is 5.96 Å². The van der Waals surface area contributed by atoms with E-state index in [2.05, 4.69) is 24.0 Å². The Morgan fingerprint density at radius 1 is 1.54 bits per heavy atom. The summed E-state index contributed by atoms with van der Waals surface area (Å²) in [6, 6.07) is 0.564. The number of nitrogens with two attached hydrogens (primary N) is 2. The van der Waals surface area contributed by atoms with Crippen LogP contribution in [0.3, 0.4) is 0 Å². The lowest BCUT2D eigenvalue weighted by atomic mass is 10.1. The predicted molar refractivity (Wildman–Crippen MR) is 54.1 cm³/mol. The highest BCUT2D eigenvalue weighted by molar-refractivity contribution is 5.77. The maximum atomic E-state index is 5.64. The molecule has 1 heterocycles. The maximum Gasteiger partial charge on any atom is 0.213 e. The van der Waals surface area contributed by atoms with Crippen molar-refractivity contribution in [2.24, 2.45) is 16.7 Å². The molecule has 1 rings (SSSR count). The van der Waals surface area contributed by atoms with Crippen LogP contribution in [0.4, 0.5) is 0 Å². The standard InChI is InChI=1S/C8H19N5/c1-3-7-6-13(8(9)11-10)5-4-12(7)2/h7H,3-6,10H2,1-2H3,(H2,9,11). The van der Waals surface area contributed by atoms with Crippen molar-refractivity contribution in [1.29, 1.82) is 0 Å². The summed E-state index contributed by atoms with van der Waals surface area (Å²) < 4.78 is 0. The molecule has 1 saturated heterocycles. The SMILES string of the molecule is CCC1CN(C(N)=NN)CCN1C. The average Bonchev–Trinajstić information content (AvgIpc) is 2.17. The van der Waals surface area contributed by atoms with Gasteiger partial charge in [0, 0.05) is 25.7 Å². The van der Waals surface area contributed by atoms with Crippen molar-refractivity contribution in [3.05, 3.63) is 0 Å². The number of rotatable bonds is 1. The van der Waals surface area contributed by atoms with Gasteiger partial charge in [-0.05, 0) is 13.5 Å². The maximum absolute atomic E-state index is 5.64. The first-order valence-electron chi connectivity index (χ1n) is 4.67. The van der Waals surface area contributed by atoms with Gasteiger partial charge in [0.25, 0.3) is 0 Å². The number of hydrogen-bond donors (Lipinski definition) is 2. The van der Waals surface area contributed by atoms with E-state index in [4.69, 9.17) is 11.6 Å². The summed E-state index contributed by atoms with van der Waals surface area (Å²) in [6.07, 6.45) is 1.13. The Morgan fingerprint density at radius 2 is 2.23 bits per heavy atom. The second kappa shape index (κ2) is 4.32. The molecule has 1 atom stereocenters. The predicted octanol–water partition coefficient (Wildman–Crippen LogP) is -0.799. The average molecular weight is 185 g/mol. The fourth-order valence-corrected chi connectivity index (χ4v) is 1.68. The smallest absolute Gasteiger partial charge is 0.213 e. The Kier molecular flexibility index (Phi) is 3.36. The van der Waals surface area contributed by atoms with Gasteiger partial charge in [-0.1, -0.05) is 6.92 Å². The van der Waals surface area contributed by atoms with Gasteiger partial charge in [-0.15, -0.1) is 5.10 Å². The van der Waals surface area contributed by atoms with Crippen LogP contribution < -0.4 is 11.6 Å². The van der Waals surface area contributed by atoms with Crippen LogP contribution in [0.15, 0.2) is 5.10 Å². The van der Waals surface area contributed by atoms with Gasteiger partial charge in [-0.25, -0.2) is 0 Å². The van der Waals surface area contributed by atoms with Gasteiger partial charge in [0.2, 0.25) is 5.96 Å². The fourth-order valence-electron chi connectivity index (χ4n) is 1.68. The van der Waals surface area contributed by atoms with E-state index in [1.165, 1.54) is 0 Å². The number of hydrazone groups is 1. The zero-order chi connectivity index (χ0) is 9.84. The van der Waals surface area contributed by atoms with Crippen LogP contribution in [0, 0.1) is 0 Å². The molecular formula is C8H19N5. The molecule has 1 unspecified atom stereocenters. The van der Waals surface area contributed by atoms with Crippen molar-refractivity contribution in [3.8, 4) is 0 Å². The molecular weight excluding hydrogens is 166 g/mol. The zero-order valence-electron chi connectivity index (χ0n) is 8.40. The molecule has 0 aromatic rings. The summed E-state index contributed by atoms with van der Waals surface area (Å²) in [5.74, 6) is 5.58. The number of likely N-dealkylation sites (N-methyl/N-ethyl adjacent to an activating group) is 1. The highest BCUT2D eigenvalue weighted by atomic mass is 15.4. The van der Waals surface area contributed by atoms with Crippen LogP contribution >= 0.6 is 0 Å². The first-order chi connectivity index (χ1) is 6.19. The van der Waals surface area contributed by atoms with E-state index >= 15 is 0 Å². The van der Waals surface area contributed by atoms with Gasteiger partial charge >= 0.3 is 0 Å². The van der Waals surface area contributed by atoms with Gasteiger partial charge in [0.1, 0.15) is 0 Å². The van der Waals surface area contributed by atoms with Crippen LogP contribution in [0.2, 0.25) is 0 Å². The van der Waals surface area contributed by atoms with Crippen molar-refractivity contribution < 1.29 is 0 Å². The van der Waals surface area contributed by atoms with Crippen LogP contribution in [-0.4, -0.2) is 48.5 Å². The Balaban J connectivity index is 2.54. The van der Waals surface area contributed by atoms with Crippen LogP contribution in [0.1, 0.15) is 13.3 Å². The molecule has 0 aromatic heterocycles. The third-order valence-corrected chi connectivity index (χ3v) is 2.70. The summed E-state index contributed by atoms with van der Waals surface area (Å²) in [5, 5.41) is 3.51. The third kappa shape index (κ3) is 2.24. The fraction of sp³-hybridized carbons (Fsp3) is 0.875. The normalized spacial score (nSPS) is 26.5. The van der Waals surface area contributed by atoms with E-state index in [9.17, 15) is 0 Å². The summed E-state index contributed by atoms with van der Waals surface area (Å²) in [4.78, 5) is 4.38. The van der Waals surface area contributed by atoms with E-state index in [1.54, 1.807) is 0 Å². The minimum absolute atomic E-state index is 0.451. The molecule has 1 fully saturated rings. The minimum atomic E-state index is 0.451. The topological polar surface area (TPSA) is 70.9 Å². The molecule has 0 radical (unpaired) electrons. The van der Waals surface area contributed by atoms with Crippen LogP contribution in [0.5, 0.6) is 0 Å². The summed E-state index contributed by atoms with van der Waals surface area (Å²) in [7, 11) is 2.14. The zero-order valence-corrected chi connectivity index (χ0v) is 8.40. The highest BCUT2D eigenvalue weighted by Crippen LogP contribution is 2.09. The van der Waals surface area contributed by atoms with E-state index < -0.39 is 0 Å².